The smallest absolute Gasteiger partial charge is 0.101 e. The number of para-hydroxylation sites is 6. The predicted molar refractivity (Wildman–Crippen MR) is 224 cm³/mol. The van der Waals surface area contributed by atoms with Crippen LogP contribution in [0.1, 0.15) is 11.1 Å². The summed E-state index contributed by atoms with van der Waals surface area (Å²) in [6.07, 6.45) is 0. The average molecular weight is 700 g/mol. The van der Waals surface area contributed by atoms with Gasteiger partial charge in [0.25, 0.3) is 0 Å². The van der Waals surface area contributed by atoms with E-state index in [0.29, 0.717) is 11.1 Å². The van der Waals surface area contributed by atoms with Crippen LogP contribution in [0.2, 0.25) is 0 Å². The Morgan fingerprint density at radius 1 is 0.382 bits per heavy atom. The lowest BCUT2D eigenvalue weighted by molar-refractivity contribution is 1.12. The van der Waals surface area contributed by atoms with Crippen molar-refractivity contribution in [1.29, 1.82) is 10.5 Å². The second-order valence-electron chi connectivity index (χ2n) is 14.0. The molecule has 0 saturated carbocycles. The molecule has 0 aliphatic carbocycles. The molecule has 0 aliphatic rings. The second kappa shape index (κ2) is 11.8. The number of hydrogen-bond donors (Lipinski definition) is 0. The highest BCUT2D eigenvalue weighted by atomic mass is 15.1. The number of rotatable bonds is 4. The standard InChI is InChI=1S/C50H29N5/c51-30-32-23-28-41-39-14-1-5-18-43(39)53(48(41)29-32)35-26-24-33(25-27-35)36-16-9-11-34(31-52)49(36)55-46-21-8-4-15-40(46)42-17-10-22-47(50(42)55)54-44-19-6-2-12-37(44)38-13-3-7-20-45(38)54/h1-29H. The molecule has 254 valence electrons. The number of fused-ring (bicyclic) bond motifs is 9. The lowest BCUT2D eigenvalue weighted by Crippen LogP contribution is -2.04. The molecule has 0 fully saturated rings. The van der Waals surface area contributed by atoms with Gasteiger partial charge in [0, 0.05) is 43.6 Å². The lowest BCUT2D eigenvalue weighted by atomic mass is 9.99. The van der Waals surface area contributed by atoms with Gasteiger partial charge in [0.1, 0.15) is 6.07 Å². The number of hydrogen-bond acceptors (Lipinski definition) is 2. The van der Waals surface area contributed by atoms with Crippen molar-refractivity contribution in [3.8, 4) is 40.3 Å². The molecule has 0 radical (unpaired) electrons. The molecule has 5 heteroatoms. The van der Waals surface area contributed by atoms with E-state index in [-0.39, 0.29) is 0 Å². The maximum absolute atomic E-state index is 10.8. The van der Waals surface area contributed by atoms with Crippen LogP contribution in [0.5, 0.6) is 0 Å². The SMILES string of the molecule is N#Cc1ccc2c3ccccc3n(-c3ccc(-c4cccc(C#N)c4-n4c5ccccc5c5cccc(-n6c7ccccc7c7ccccc76)c54)cc3)c2c1. The average Bonchev–Trinajstić information content (AvgIpc) is 3.89. The minimum Gasteiger partial charge on any atom is -0.309 e. The fourth-order valence-electron chi connectivity index (χ4n) is 8.81. The van der Waals surface area contributed by atoms with Crippen LogP contribution in [0.15, 0.2) is 176 Å². The van der Waals surface area contributed by atoms with Gasteiger partial charge < -0.3 is 13.7 Å². The summed E-state index contributed by atoms with van der Waals surface area (Å²) in [6.45, 7) is 0. The summed E-state index contributed by atoms with van der Waals surface area (Å²) in [5, 5.41) is 27.4. The van der Waals surface area contributed by atoms with E-state index < -0.39 is 0 Å². The zero-order valence-electron chi connectivity index (χ0n) is 29.5. The molecule has 0 bridgehead atoms. The molecule has 0 unspecified atom stereocenters. The molecule has 8 aromatic carbocycles. The van der Waals surface area contributed by atoms with Gasteiger partial charge >= 0.3 is 0 Å². The van der Waals surface area contributed by atoms with E-state index in [1.807, 2.05) is 30.3 Å². The van der Waals surface area contributed by atoms with Crippen LogP contribution in [0.3, 0.4) is 0 Å². The van der Waals surface area contributed by atoms with Crippen molar-refractivity contribution in [2.45, 2.75) is 0 Å². The van der Waals surface area contributed by atoms with Crippen LogP contribution in [0.4, 0.5) is 0 Å². The molecule has 0 amide bonds. The van der Waals surface area contributed by atoms with Crippen molar-refractivity contribution in [2.75, 3.05) is 0 Å². The third kappa shape index (κ3) is 4.39. The van der Waals surface area contributed by atoms with Crippen molar-refractivity contribution in [3.05, 3.63) is 187 Å². The number of benzene rings is 8. The first-order valence-corrected chi connectivity index (χ1v) is 18.3. The summed E-state index contributed by atoms with van der Waals surface area (Å²) in [6, 6.07) is 65.9. The molecule has 55 heavy (non-hydrogen) atoms. The Bertz CT molecular complexity index is 3400. The van der Waals surface area contributed by atoms with Gasteiger partial charge in [0.05, 0.1) is 61.7 Å². The Labute approximate surface area is 316 Å². The first-order valence-electron chi connectivity index (χ1n) is 18.3. The first kappa shape index (κ1) is 30.7. The van der Waals surface area contributed by atoms with E-state index in [2.05, 4.69) is 171 Å². The maximum Gasteiger partial charge on any atom is 0.101 e. The quantitative estimate of drug-likeness (QED) is 0.184. The molecule has 0 aliphatic heterocycles. The number of nitrogens with zero attached hydrogens (tertiary/aromatic N) is 5. The van der Waals surface area contributed by atoms with Gasteiger partial charge in [0.2, 0.25) is 0 Å². The predicted octanol–water partition coefficient (Wildman–Crippen LogP) is 12.4. The molecule has 0 N–H and O–H groups in total. The van der Waals surface area contributed by atoms with Crippen molar-refractivity contribution in [3.63, 3.8) is 0 Å². The van der Waals surface area contributed by atoms with E-state index in [4.69, 9.17) is 0 Å². The molecule has 3 heterocycles. The van der Waals surface area contributed by atoms with Crippen LogP contribution in [0.25, 0.3) is 93.6 Å². The summed E-state index contributed by atoms with van der Waals surface area (Å²) in [5.41, 5.74) is 12.4. The first-order chi connectivity index (χ1) is 27.2. The Kier molecular flexibility index (Phi) is 6.61. The van der Waals surface area contributed by atoms with E-state index in [1.54, 1.807) is 0 Å². The Hall–Kier alpha value is -7.86. The monoisotopic (exact) mass is 699 g/mol. The topological polar surface area (TPSA) is 62.4 Å². The van der Waals surface area contributed by atoms with Crippen molar-refractivity contribution >= 4 is 65.4 Å². The van der Waals surface area contributed by atoms with Gasteiger partial charge in [-0.15, -0.1) is 0 Å². The van der Waals surface area contributed by atoms with Gasteiger partial charge in [0.15, 0.2) is 0 Å². The van der Waals surface area contributed by atoms with Gasteiger partial charge in [-0.25, -0.2) is 0 Å². The Morgan fingerprint density at radius 2 is 0.909 bits per heavy atom. The van der Waals surface area contributed by atoms with E-state index in [1.165, 1.54) is 10.8 Å². The molecule has 0 saturated heterocycles. The minimum atomic E-state index is 0.590. The van der Waals surface area contributed by atoms with Gasteiger partial charge in [-0.05, 0) is 66.2 Å². The highest BCUT2D eigenvalue weighted by Gasteiger charge is 2.23. The van der Waals surface area contributed by atoms with Crippen LogP contribution in [0, 0.1) is 22.7 Å². The van der Waals surface area contributed by atoms with E-state index in [9.17, 15) is 10.5 Å². The molecule has 0 atom stereocenters. The van der Waals surface area contributed by atoms with Crippen molar-refractivity contribution < 1.29 is 0 Å². The zero-order valence-corrected chi connectivity index (χ0v) is 29.5. The molecule has 0 spiro atoms. The molecular weight excluding hydrogens is 671 g/mol. The molecule has 5 nitrogen and oxygen atoms in total. The second-order valence-corrected chi connectivity index (χ2v) is 14.0. The maximum atomic E-state index is 10.8. The normalized spacial score (nSPS) is 11.6. The Balaban J connectivity index is 1.18. The van der Waals surface area contributed by atoms with Gasteiger partial charge in [-0.3, -0.25) is 0 Å². The van der Waals surface area contributed by atoms with Gasteiger partial charge in [-0.2, -0.15) is 10.5 Å². The third-order valence-electron chi connectivity index (χ3n) is 11.1. The summed E-state index contributed by atoms with van der Waals surface area (Å²) >= 11 is 0. The summed E-state index contributed by atoms with van der Waals surface area (Å²) in [7, 11) is 0. The van der Waals surface area contributed by atoms with Crippen LogP contribution < -0.4 is 0 Å². The number of aromatic nitrogens is 3. The van der Waals surface area contributed by atoms with Gasteiger partial charge in [-0.1, -0.05) is 115 Å². The van der Waals surface area contributed by atoms with Crippen molar-refractivity contribution in [1.82, 2.24) is 13.7 Å². The Morgan fingerprint density at radius 3 is 1.53 bits per heavy atom. The highest BCUT2D eigenvalue weighted by molar-refractivity contribution is 6.15. The molecule has 3 aromatic heterocycles. The van der Waals surface area contributed by atoms with Crippen LogP contribution in [-0.2, 0) is 0 Å². The minimum absolute atomic E-state index is 0.590. The van der Waals surface area contributed by atoms with Crippen LogP contribution in [-0.4, -0.2) is 13.7 Å². The molecule has 11 rings (SSSR count). The van der Waals surface area contributed by atoms with E-state index in [0.717, 1.165) is 82.8 Å². The summed E-state index contributed by atoms with van der Waals surface area (Å²) in [4.78, 5) is 0. The summed E-state index contributed by atoms with van der Waals surface area (Å²) < 4.78 is 6.91. The van der Waals surface area contributed by atoms with Crippen molar-refractivity contribution in [2.24, 2.45) is 0 Å². The molecular formula is C50H29N5. The summed E-state index contributed by atoms with van der Waals surface area (Å²) in [5.74, 6) is 0. The number of nitriles is 2. The fraction of sp³-hybridized carbons (Fsp3) is 0. The van der Waals surface area contributed by atoms with E-state index >= 15 is 0 Å². The largest absolute Gasteiger partial charge is 0.309 e. The zero-order chi connectivity index (χ0) is 36.6. The fourth-order valence-corrected chi connectivity index (χ4v) is 8.81. The lowest BCUT2D eigenvalue weighted by Gasteiger charge is -2.18. The van der Waals surface area contributed by atoms with Crippen LogP contribution >= 0.6 is 0 Å². The highest BCUT2D eigenvalue weighted by Crippen LogP contribution is 2.42. The molecule has 11 aromatic rings. The third-order valence-corrected chi connectivity index (χ3v) is 11.1.